The van der Waals surface area contributed by atoms with Crippen LogP contribution in [0.15, 0.2) is 48.5 Å². The van der Waals surface area contributed by atoms with E-state index >= 15 is 0 Å². The molecule has 1 amide bonds. The molecule has 0 saturated carbocycles. The first-order chi connectivity index (χ1) is 13.1. The van der Waals surface area contributed by atoms with Gasteiger partial charge in [-0.2, -0.15) is 0 Å². The van der Waals surface area contributed by atoms with Gasteiger partial charge in [0.2, 0.25) is 5.91 Å². The number of aliphatic hydroxyl groups is 1. The minimum Gasteiger partial charge on any atom is -0.387 e. The third kappa shape index (κ3) is 5.81. The largest absolute Gasteiger partial charge is 0.387 e. The molecule has 5 heteroatoms. The lowest BCUT2D eigenvalue weighted by atomic mass is 10.1. The number of anilines is 1. The number of benzene rings is 2. The second-order valence-corrected chi connectivity index (χ2v) is 7.00. The number of nitrogens with zero attached hydrogens (tertiary/aromatic N) is 1. The quantitative estimate of drug-likeness (QED) is 0.789. The van der Waals surface area contributed by atoms with Crippen molar-refractivity contribution in [1.29, 1.82) is 0 Å². The summed E-state index contributed by atoms with van der Waals surface area (Å²) in [6.07, 6.45) is 0.425. The summed E-state index contributed by atoms with van der Waals surface area (Å²) < 4.78 is 5.37. The standard InChI is InChI=1S/C22H28N2O3/c1-17-2-4-18(5-3-17)6-11-22(26)23-16-21(25)19-7-9-20(10-8-19)24-12-14-27-15-13-24/h2-5,7-10,21,25H,6,11-16H2,1H3,(H,23,26). The number of carbonyl (C=O) groups is 1. The molecule has 1 atom stereocenters. The summed E-state index contributed by atoms with van der Waals surface area (Å²) in [7, 11) is 0. The molecule has 1 aliphatic heterocycles. The van der Waals surface area contributed by atoms with Gasteiger partial charge in [0.05, 0.1) is 19.3 Å². The van der Waals surface area contributed by atoms with Gasteiger partial charge in [-0.3, -0.25) is 4.79 Å². The van der Waals surface area contributed by atoms with Gasteiger partial charge >= 0.3 is 0 Å². The molecule has 1 unspecified atom stereocenters. The minimum absolute atomic E-state index is 0.0421. The van der Waals surface area contributed by atoms with Crippen LogP contribution in [-0.2, 0) is 16.0 Å². The number of nitrogens with one attached hydrogen (secondary N) is 1. The van der Waals surface area contributed by atoms with Crippen LogP contribution in [0.25, 0.3) is 0 Å². The van der Waals surface area contributed by atoms with Crippen molar-refractivity contribution in [2.45, 2.75) is 25.9 Å². The van der Waals surface area contributed by atoms with Crippen LogP contribution in [-0.4, -0.2) is 43.9 Å². The molecule has 0 spiro atoms. The second-order valence-electron chi connectivity index (χ2n) is 7.00. The number of ether oxygens (including phenoxy) is 1. The van der Waals surface area contributed by atoms with Crippen molar-refractivity contribution >= 4 is 11.6 Å². The minimum atomic E-state index is -0.702. The monoisotopic (exact) mass is 368 g/mol. The van der Waals surface area contributed by atoms with E-state index in [2.05, 4.69) is 22.3 Å². The molecule has 3 rings (SSSR count). The number of aryl methyl sites for hydroxylation is 2. The van der Waals surface area contributed by atoms with E-state index in [0.717, 1.165) is 43.1 Å². The van der Waals surface area contributed by atoms with Crippen LogP contribution in [0.5, 0.6) is 0 Å². The van der Waals surface area contributed by atoms with Gasteiger partial charge in [-0.15, -0.1) is 0 Å². The Hall–Kier alpha value is -2.37. The molecule has 144 valence electrons. The molecular weight excluding hydrogens is 340 g/mol. The van der Waals surface area contributed by atoms with E-state index in [-0.39, 0.29) is 12.5 Å². The molecule has 2 aromatic rings. The summed E-state index contributed by atoms with van der Waals surface area (Å²) >= 11 is 0. The molecule has 1 aliphatic rings. The van der Waals surface area contributed by atoms with Crippen LogP contribution in [0.2, 0.25) is 0 Å². The van der Waals surface area contributed by atoms with Crippen LogP contribution < -0.4 is 10.2 Å². The van der Waals surface area contributed by atoms with E-state index < -0.39 is 6.10 Å². The van der Waals surface area contributed by atoms with E-state index in [9.17, 15) is 9.90 Å². The predicted octanol–water partition coefficient (Wildman–Crippen LogP) is 2.61. The van der Waals surface area contributed by atoms with Gasteiger partial charge in [0.15, 0.2) is 0 Å². The maximum atomic E-state index is 12.0. The van der Waals surface area contributed by atoms with Crippen molar-refractivity contribution in [2.24, 2.45) is 0 Å². The lowest BCUT2D eigenvalue weighted by Gasteiger charge is -2.29. The van der Waals surface area contributed by atoms with E-state index in [1.54, 1.807) is 0 Å². The fraction of sp³-hybridized carbons (Fsp3) is 0.409. The Morgan fingerprint density at radius 3 is 2.44 bits per heavy atom. The van der Waals surface area contributed by atoms with Gasteiger partial charge < -0.3 is 20.1 Å². The average molecular weight is 368 g/mol. The van der Waals surface area contributed by atoms with Crippen molar-refractivity contribution in [3.8, 4) is 0 Å². The van der Waals surface area contributed by atoms with Gasteiger partial charge in [0, 0.05) is 31.7 Å². The van der Waals surface area contributed by atoms with Crippen LogP contribution in [0, 0.1) is 6.92 Å². The molecule has 5 nitrogen and oxygen atoms in total. The zero-order valence-corrected chi connectivity index (χ0v) is 15.9. The van der Waals surface area contributed by atoms with Gasteiger partial charge in [0.1, 0.15) is 0 Å². The lowest BCUT2D eigenvalue weighted by Crippen LogP contribution is -2.36. The molecule has 0 radical (unpaired) electrons. The molecule has 2 aromatic carbocycles. The number of rotatable bonds is 7. The summed E-state index contributed by atoms with van der Waals surface area (Å²) in [4.78, 5) is 14.3. The van der Waals surface area contributed by atoms with E-state index in [4.69, 9.17) is 4.74 Å². The fourth-order valence-electron chi connectivity index (χ4n) is 3.16. The van der Waals surface area contributed by atoms with Gasteiger partial charge in [-0.1, -0.05) is 42.0 Å². The highest BCUT2D eigenvalue weighted by atomic mass is 16.5. The summed E-state index contributed by atoms with van der Waals surface area (Å²) in [5.74, 6) is -0.0421. The Labute approximate surface area is 161 Å². The smallest absolute Gasteiger partial charge is 0.220 e. The number of hydrogen-bond acceptors (Lipinski definition) is 4. The number of amides is 1. The van der Waals surface area contributed by atoms with Crippen LogP contribution in [0.3, 0.4) is 0 Å². The van der Waals surface area contributed by atoms with Gasteiger partial charge in [-0.05, 0) is 36.6 Å². The Balaban J connectivity index is 1.43. The topological polar surface area (TPSA) is 61.8 Å². The van der Waals surface area contributed by atoms with Crippen molar-refractivity contribution in [1.82, 2.24) is 5.32 Å². The molecule has 0 aliphatic carbocycles. The number of morpholine rings is 1. The molecule has 1 heterocycles. The maximum Gasteiger partial charge on any atom is 0.220 e. The third-order valence-corrected chi connectivity index (χ3v) is 4.91. The predicted molar refractivity (Wildman–Crippen MR) is 107 cm³/mol. The SMILES string of the molecule is Cc1ccc(CCC(=O)NCC(O)c2ccc(N3CCOCC3)cc2)cc1. The number of aliphatic hydroxyl groups excluding tert-OH is 1. The summed E-state index contributed by atoms with van der Waals surface area (Å²) in [6, 6.07) is 16.1. The lowest BCUT2D eigenvalue weighted by molar-refractivity contribution is -0.121. The first-order valence-corrected chi connectivity index (χ1v) is 9.55. The summed E-state index contributed by atoms with van der Waals surface area (Å²) in [5, 5.41) is 13.2. The van der Waals surface area contributed by atoms with Crippen molar-refractivity contribution < 1.29 is 14.6 Å². The van der Waals surface area contributed by atoms with E-state index in [1.165, 1.54) is 5.56 Å². The first-order valence-electron chi connectivity index (χ1n) is 9.55. The van der Waals surface area contributed by atoms with Gasteiger partial charge in [-0.25, -0.2) is 0 Å². The first kappa shape index (κ1) is 19.4. The highest BCUT2D eigenvalue weighted by Gasteiger charge is 2.13. The molecular formula is C22H28N2O3. The Bertz CT molecular complexity index is 722. The van der Waals surface area contributed by atoms with Crippen molar-refractivity contribution in [3.63, 3.8) is 0 Å². The third-order valence-electron chi connectivity index (χ3n) is 4.91. The molecule has 1 saturated heterocycles. The van der Waals surface area contributed by atoms with Crippen molar-refractivity contribution in [2.75, 3.05) is 37.7 Å². The number of hydrogen-bond donors (Lipinski definition) is 2. The zero-order valence-electron chi connectivity index (χ0n) is 15.9. The maximum absolute atomic E-state index is 12.0. The van der Waals surface area contributed by atoms with E-state index in [0.29, 0.717) is 12.8 Å². The Morgan fingerprint density at radius 2 is 1.78 bits per heavy atom. The summed E-state index contributed by atoms with van der Waals surface area (Å²) in [5.41, 5.74) is 4.31. The highest BCUT2D eigenvalue weighted by molar-refractivity contribution is 5.76. The fourth-order valence-corrected chi connectivity index (χ4v) is 3.16. The molecule has 0 bridgehead atoms. The summed E-state index contributed by atoms with van der Waals surface area (Å²) in [6.45, 7) is 5.55. The molecule has 1 fully saturated rings. The Kier molecular flexibility index (Phi) is 6.85. The van der Waals surface area contributed by atoms with Crippen LogP contribution >= 0.6 is 0 Å². The van der Waals surface area contributed by atoms with E-state index in [1.807, 2.05) is 43.3 Å². The normalized spacial score (nSPS) is 15.4. The van der Waals surface area contributed by atoms with Crippen LogP contribution in [0.1, 0.15) is 29.2 Å². The second kappa shape index (κ2) is 9.53. The highest BCUT2D eigenvalue weighted by Crippen LogP contribution is 2.20. The van der Waals surface area contributed by atoms with Gasteiger partial charge in [0.25, 0.3) is 0 Å². The molecule has 27 heavy (non-hydrogen) atoms. The zero-order chi connectivity index (χ0) is 19.1. The van der Waals surface area contributed by atoms with Crippen LogP contribution in [0.4, 0.5) is 5.69 Å². The average Bonchev–Trinajstić information content (AvgIpc) is 2.72. The molecule has 2 N–H and O–H groups in total. The van der Waals surface area contributed by atoms with Crippen molar-refractivity contribution in [3.05, 3.63) is 65.2 Å². The Morgan fingerprint density at radius 1 is 1.11 bits per heavy atom. The number of carbonyl (C=O) groups excluding carboxylic acids is 1. The molecule has 0 aromatic heterocycles.